The van der Waals surface area contributed by atoms with Gasteiger partial charge in [0.25, 0.3) is 0 Å². The molecule has 3 heteroatoms. The van der Waals surface area contributed by atoms with Crippen LogP contribution in [0, 0.1) is 18.2 Å². The van der Waals surface area contributed by atoms with E-state index in [4.69, 9.17) is 4.74 Å². The molecule has 0 saturated heterocycles. The first kappa shape index (κ1) is 14.3. The number of nitrogens with one attached hydrogen (secondary N) is 1. The fourth-order valence-electron chi connectivity index (χ4n) is 2.89. The van der Waals surface area contributed by atoms with Gasteiger partial charge in [0.15, 0.2) is 11.6 Å². The summed E-state index contributed by atoms with van der Waals surface area (Å²) in [5, 5.41) is 3.49. The molecule has 0 spiro atoms. The van der Waals surface area contributed by atoms with Crippen molar-refractivity contribution in [2.45, 2.75) is 52.7 Å². The Morgan fingerprint density at radius 1 is 1.42 bits per heavy atom. The molecule has 3 unspecified atom stereocenters. The van der Waals surface area contributed by atoms with Crippen LogP contribution in [0.15, 0.2) is 18.2 Å². The molecule has 3 atom stereocenters. The van der Waals surface area contributed by atoms with Gasteiger partial charge in [0.1, 0.15) is 6.10 Å². The molecule has 0 heterocycles. The Kier molecular flexibility index (Phi) is 4.14. The molecule has 0 bridgehead atoms. The molecule has 2 nitrogen and oxygen atoms in total. The summed E-state index contributed by atoms with van der Waals surface area (Å²) in [5.74, 6) is 0.121. The van der Waals surface area contributed by atoms with Crippen molar-refractivity contribution < 1.29 is 9.13 Å². The lowest BCUT2D eigenvalue weighted by molar-refractivity contribution is -0.0712. The molecule has 1 aromatic carbocycles. The first-order valence-corrected chi connectivity index (χ1v) is 7.17. The van der Waals surface area contributed by atoms with Crippen molar-refractivity contribution in [2.24, 2.45) is 5.41 Å². The van der Waals surface area contributed by atoms with Gasteiger partial charge in [0.2, 0.25) is 0 Å². The summed E-state index contributed by atoms with van der Waals surface area (Å²) >= 11 is 0. The highest BCUT2D eigenvalue weighted by Crippen LogP contribution is 2.46. The minimum Gasteiger partial charge on any atom is -0.487 e. The molecule has 0 aliphatic heterocycles. The van der Waals surface area contributed by atoms with Crippen molar-refractivity contribution in [1.82, 2.24) is 5.32 Å². The summed E-state index contributed by atoms with van der Waals surface area (Å²) in [5.41, 5.74) is 1.11. The fourth-order valence-corrected chi connectivity index (χ4v) is 2.89. The van der Waals surface area contributed by atoms with Crippen molar-refractivity contribution in [2.75, 3.05) is 6.54 Å². The maximum absolute atomic E-state index is 13.8. The van der Waals surface area contributed by atoms with Crippen LogP contribution in [0.4, 0.5) is 4.39 Å². The van der Waals surface area contributed by atoms with Gasteiger partial charge in [-0.3, -0.25) is 0 Å². The van der Waals surface area contributed by atoms with Gasteiger partial charge in [-0.05, 0) is 37.6 Å². The summed E-state index contributed by atoms with van der Waals surface area (Å²) in [6.07, 6.45) is 2.08. The van der Waals surface area contributed by atoms with Crippen LogP contribution in [-0.4, -0.2) is 18.7 Å². The molecule has 0 radical (unpaired) electrons. The molecule has 1 N–H and O–H groups in total. The van der Waals surface area contributed by atoms with Gasteiger partial charge in [0, 0.05) is 17.9 Å². The van der Waals surface area contributed by atoms with E-state index in [2.05, 4.69) is 26.1 Å². The summed E-state index contributed by atoms with van der Waals surface area (Å²) in [4.78, 5) is 0. The molecule has 0 amide bonds. The molecule has 2 rings (SSSR count). The quantitative estimate of drug-likeness (QED) is 0.877. The van der Waals surface area contributed by atoms with Gasteiger partial charge in [-0.25, -0.2) is 4.39 Å². The highest BCUT2D eigenvalue weighted by Gasteiger charge is 2.51. The molecule has 1 aromatic rings. The van der Waals surface area contributed by atoms with E-state index in [9.17, 15) is 4.39 Å². The van der Waals surface area contributed by atoms with Crippen LogP contribution < -0.4 is 10.1 Å². The Bertz CT molecular complexity index is 448. The van der Waals surface area contributed by atoms with Crippen molar-refractivity contribution in [3.63, 3.8) is 0 Å². The molecule has 1 saturated carbocycles. The Labute approximate surface area is 115 Å². The molecular formula is C16H24FNO. The number of aryl methyl sites for hydroxylation is 1. The second-order valence-corrected chi connectivity index (χ2v) is 5.75. The van der Waals surface area contributed by atoms with Crippen LogP contribution in [0.3, 0.4) is 0 Å². The topological polar surface area (TPSA) is 21.3 Å². The minimum atomic E-state index is -0.268. The average Bonchev–Trinajstić information content (AvgIpc) is 2.40. The van der Waals surface area contributed by atoms with E-state index >= 15 is 0 Å². The second-order valence-electron chi connectivity index (χ2n) is 5.75. The van der Waals surface area contributed by atoms with Gasteiger partial charge in [-0.1, -0.05) is 26.8 Å². The predicted molar refractivity (Wildman–Crippen MR) is 76.0 cm³/mol. The summed E-state index contributed by atoms with van der Waals surface area (Å²) in [7, 11) is 0. The van der Waals surface area contributed by atoms with Crippen LogP contribution in [0.1, 0.15) is 39.2 Å². The van der Waals surface area contributed by atoms with E-state index in [1.807, 2.05) is 6.92 Å². The molecule has 19 heavy (non-hydrogen) atoms. The lowest BCUT2D eigenvalue weighted by Gasteiger charge is -2.53. The zero-order valence-corrected chi connectivity index (χ0v) is 12.3. The van der Waals surface area contributed by atoms with Crippen molar-refractivity contribution in [3.8, 4) is 5.75 Å². The van der Waals surface area contributed by atoms with Crippen molar-refractivity contribution >= 4 is 0 Å². The lowest BCUT2D eigenvalue weighted by atomic mass is 9.61. The number of rotatable bonds is 5. The average molecular weight is 265 g/mol. The summed E-state index contributed by atoms with van der Waals surface area (Å²) in [6, 6.07) is 5.50. The van der Waals surface area contributed by atoms with E-state index in [1.54, 1.807) is 12.1 Å². The van der Waals surface area contributed by atoms with Crippen LogP contribution in [-0.2, 0) is 0 Å². The molecule has 0 aromatic heterocycles. The largest absolute Gasteiger partial charge is 0.487 e. The molecule has 1 fully saturated rings. The van der Waals surface area contributed by atoms with E-state index in [1.165, 1.54) is 6.07 Å². The lowest BCUT2D eigenvalue weighted by Crippen LogP contribution is -2.63. The van der Waals surface area contributed by atoms with Gasteiger partial charge in [-0.2, -0.15) is 0 Å². The van der Waals surface area contributed by atoms with Gasteiger partial charge in [-0.15, -0.1) is 0 Å². The van der Waals surface area contributed by atoms with Gasteiger partial charge < -0.3 is 10.1 Å². The van der Waals surface area contributed by atoms with E-state index in [0.29, 0.717) is 11.8 Å². The first-order valence-electron chi connectivity index (χ1n) is 7.17. The summed E-state index contributed by atoms with van der Waals surface area (Å²) in [6.45, 7) is 9.43. The highest BCUT2D eigenvalue weighted by atomic mass is 19.1. The van der Waals surface area contributed by atoms with Crippen LogP contribution in [0.2, 0.25) is 0 Å². The minimum absolute atomic E-state index is 0.0895. The Morgan fingerprint density at radius 2 is 2.16 bits per heavy atom. The smallest absolute Gasteiger partial charge is 0.165 e. The number of hydrogen-bond acceptors (Lipinski definition) is 2. The normalized spacial score (nSPS) is 29.9. The number of hydrogen-bond donors (Lipinski definition) is 1. The zero-order chi connectivity index (χ0) is 14.0. The number of halogens is 1. The third-order valence-electron chi connectivity index (χ3n) is 4.55. The third kappa shape index (κ3) is 2.62. The maximum atomic E-state index is 13.8. The van der Waals surface area contributed by atoms with Crippen molar-refractivity contribution in [1.29, 1.82) is 0 Å². The predicted octanol–water partition coefficient (Wildman–Crippen LogP) is 3.68. The first-order chi connectivity index (χ1) is 9.01. The highest BCUT2D eigenvalue weighted by molar-refractivity contribution is 5.30. The monoisotopic (exact) mass is 265 g/mol. The number of benzene rings is 1. The van der Waals surface area contributed by atoms with Crippen LogP contribution in [0.25, 0.3) is 0 Å². The second kappa shape index (κ2) is 5.49. The molecule has 106 valence electrons. The van der Waals surface area contributed by atoms with Crippen molar-refractivity contribution in [3.05, 3.63) is 29.6 Å². The number of ether oxygens (including phenoxy) is 1. The van der Waals surface area contributed by atoms with E-state index < -0.39 is 0 Å². The molecule has 1 aliphatic rings. The summed E-state index contributed by atoms with van der Waals surface area (Å²) < 4.78 is 19.7. The van der Waals surface area contributed by atoms with E-state index in [0.717, 1.165) is 24.9 Å². The standard InChI is InChI=1S/C16H24FNO/c1-5-16(4)14(18-6-2)10-15(16)19-13-9-11(3)7-8-12(13)17/h7-9,14-15,18H,5-6,10H2,1-4H3. The Hall–Kier alpha value is -1.09. The molecule has 1 aliphatic carbocycles. The van der Waals surface area contributed by atoms with Gasteiger partial charge >= 0.3 is 0 Å². The van der Waals surface area contributed by atoms with E-state index in [-0.39, 0.29) is 17.3 Å². The Balaban J connectivity index is 2.10. The Morgan fingerprint density at radius 3 is 2.79 bits per heavy atom. The molecular weight excluding hydrogens is 241 g/mol. The van der Waals surface area contributed by atoms with Gasteiger partial charge in [0.05, 0.1) is 0 Å². The van der Waals surface area contributed by atoms with Crippen LogP contribution in [0.5, 0.6) is 5.75 Å². The SMILES string of the molecule is CCNC1CC(Oc2cc(C)ccc2F)C1(C)CC. The van der Waals surface area contributed by atoms with Crippen LogP contribution >= 0.6 is 0 Å². The zero-order valence-electron chi connectivity index (χ0n) is 12.3. The maximum Gasteiger partial charge on any atom is 0.165 e. The fraction of sp³-hybridized carbons (Fsp3) is 0.625. The third-order valence-corrected chi connectivity index (χ3v) is 4.55.